The first kappa shape index (κ1) is 17.3. The third kappa shape index (κ3) is 4.73. The summed E-state index contributed by atoms with van der Waals surface area (Å²) in [5.41, 5.74) is 1.94. The molecule has 2 aromatic carbocycles. The van der Waals surface area contributed by atoms with Gasteiger partial charge in [0.15, 0.2) is 0 Å². The molecule has 5 heteroatoms. The molecule has 0 amide bonds. The highest BCUT2D eigenvalue weighted by molar-refractivity contribution is 6.42. The largest absolute Gasteiger partial charge is 0.489 e. The Bertz CT molecular complexity index is 696. The lowest BCUT2D eigenvalue weighted by atomic mass is 10.1. The highest BCUT2D eigenvalue weighted by Crippen LogP contribution is 2.33. The lowest BCUT2D eigenvalue weighted by molar-refractivity contribution is -0.110. The summed E-state index contributed by atoms with van der Waals surface area (Å²) in [6.45, 7) is 0.409. The van der Waals surface area contributed by atoms with Crippen LogP contribution in [0.4, 0.5) is 0 Å². The van der Waals surface area contributed by atoms with Gasteiger partial charge < -0.3 is 14.3 Å². The molecule has 0 heterocycles. The zero-order valence-electron chi connectivity index (χ0n) is 13.1. The minimum absolute atomic E-state index is 0.167. The SMILES string of the molecule is O=CC[C@@H](OC1CC1)c1ccc(OCc2ccc(Cl)c(Cl)c2)cc1. The number of hydrogen-bond donors (Lipinski definition) is 0. The molecule has 3 rings (SSSR count). The zero-order chi connectivity index (χ0) is 16.9. The lowest BCUT2D eigenvalue weighted by Gasteiger charge is -2.16. The Kier molecular flexibility index (Phi) is 5.77. The molecule has 24 heavy (non-hydrogen) atoms. The van der Waals surface area contributed by atoms with Crippen LogP contribution in [0.2, 0.25) is 10.0 Å². The number of carbonyl (C=O) groups is 1. The van der Waals surface area contributed by atoms with E-state index in [-0.39, 0.29) is 6.10 Å². The average molecular weight is 365 g/mol. The van der Waals surface area contributed by atoms with Crippen LogP contribution in [0.15, 0.2) is 42.5 Å². The van der Waals surface area contributed by atoms with Crippen molar-refractivity contribution in [1.29, 1.82) is 0 Å². The Labute approximate surface area is 151 Å². The van der Waals surface area contributed by atoms with Crippen molar-refractivity contribution in [2.24, 2.45) is 0 Å². The van der Waals surface area contributed by atoms with Gasteiger partial charge in [-0.1, -0.05) is 41.4 Å². The first-order chi connectivity index (χ1) is 11.7. The highest BCUT2D eigenvalue weighted by Gasteiger charge is 2.26. The molecule has 2 aromatic rings. The highest BCUT2D eigenvalue weighted by atomic mass is 35.5. The van der Waals surface area contributed by atoms with Gasteiger partial charge in [0.25, 0.3) is 0 Å². The Morgan fingerprint density at radius 3 is 2.46 bits per heavy atom. The summed E-state index contributed by atoms with van der Waals surface area (Å²) in [4.78, 5) is 10.8. The van der Waals surface area contributed by atoms with E-state index in [1.54, 1.807) is 12.1 Å². The van der Waals surface area contributed by atoms with Crippen LogP contribution < -0.4 is 4.74 Å². The minimum Gasteiger partial charge on any atom is -0.489 e. The molecule has 0 aromatic heterocycles. The second kappa shape index (κ2) is 8.02. The van der Waals surface area contributed by atoms with E-state index in [0.717, 1.165) is 36.0 Å². The van der Waals surface area contributed by atoms with Gasteiger partial charge >= 0.3 is 0 Å². The molecule has 1 saturated carbocycles. The second-order valence-electron chi connectivity index (χ2n) is 5.83. The number of halogens is 2. The normalized spacial score (nSPS) is 15.1. The quantitative estimate of drug-likeness (QED) is 0.589. The molecule has 0 aliphatic heterocycles. The first-order valence-corrected chi connectivity index (χ1v) is 8.67. The van der Waals surface area contributed by atoms with Crippen molar-refractivity contribution in [3.8, 4) is 5.75 Å². The minimum atomic E-state index is -0.167. The van der Waals surface area contributed by atoms with Crippen LogP contribution in [0, 0.1) is 0 Å². The summed E-state index contributed by atoms with van der Waals surface area (Å²) in [5, 5.41) is 1.05. The van der Waals surface area contributed by atoms with E-state index in [0.29, 0.717) is 29.2 Å². The van der Waals surface area contributed by atoms with Gasteiger partial charge in [-0.15, -0.1) is 0 Å². The van der Waals surface area contributed by atoms with E-state index in [4.69, 9.17) is 32.7 Å². The van der Waals surface area contributed by atoms with Crippen LogP contribution >= 0.6 is 23.2 Å². The molecule has 126 valence electrons. The van der Waals surface area contributed by atoms with Gasteiger partial charge in [0, 0.05) is 6.42 Å². The van der Waals surface area contributed by atoms with Gasteiger partial charge in [0.1, 0.15) is 18.6 Å². The molecule has 1 fully saturated rings. The molecular formula is C19H18Cl2O3. The van der Waals surface area contributed by atoms with E-state index in [2.05, 4.69) is 0 Å². The van der Waals surface area contributed by atoms with Gasteiger partial charge in [-0.2, -0.15) is 0 Å². The standard InChI is InChI=1S/C19H18Cl2O3/c20-17-8-1-13(11-18(17)21)12-23-15-4-2-14(3-5-15)19(9-10-22)24-16-6-7-16/h1-5,8,10-11,16,19H,6-7,9,12H2/t19-/m1/s1. The number of benzene rings is 2. The summed E-state index contributed by atoms with van der Waals surface area (Å²) in [6, 6.07) is 13.1. The fourth-order valence-electron chi connectivity index (χ4n) is 2.37. The van der Waals surface area contributed by atoms with E-state index >= 15 is 0 Å². The fourth-order valence-corrected chi connectivity index (χ4v) is 2.69. The van der Waals surface area contributed by atoms with Crippen LogP contribution in [-0.2, 0) is 16.1 Å². The second-order valence-corrected chi connectivity index (χ2v) is 6.65. The third-order valence-electron chi connectivity index (χ3n) is 3.83. The van der Waals surface area contributed by atoms with E-state index in [1.165, 1.54) is 0 Å². The molecule has 1 atom stereocenters. The zero-order valence-corrected chi connectivity index (χ0v) is 14.6. The molecule has 0 bridgehead atoms. The third-order valence-corrected chi connectivity index (χ3v) is 4.57. The van der Waals surface area contributed by atoms with Crippen molar-refractivity contribution >= 4 is 29.5 Å². The molecule has 1 aliphatic rings. The van der Waals surface area contributed by atoms with Crippen molar-refractivity contribution in [1.82, 2.24) is 0 Å². The average Bonchev–Trinajstić information content (AvgIpc) is 3.40. The summed E-state index contributed by atoms with van der Waals surface area (Å²) >= 11 is 11.9. The summed E-state index contributed by atoms with van der Waals surface area (Å²) in [7, 11) is 0. The molecule has 0 unspecified atom stereocenters. The van der Waals surface area contributed by atoms with Gasteiger partial charge in [0.05, 0.1) is 22.3 Å². The fraction of sp³-hybridized carbons (Fsp3) is 0.316. The molecule has 0 radical (unpaired) electrons. The Morgan fingerprint density at radius 1 is 1.08 bits per heavy atom. The molecule has 1 aliphatic carbocycles. The van der Waals surface area contributed by atoms with Crippen molar-refractivity contribution in [3.63, 3.8) is 0 Å². The Balaban J connectivity index is 1.60. The predicted octanol–water partition coefficient (Wildman–Crippen LogP) is 5.38. The maximum Gasteiger partial charge on any atom is 0.122 e. The molecule has 0 saturated heterocycles. The van der Waals surface area contributed by atoms with Crippen LogP contribution in [-0.4, -0.2) is 12.4 Å². The maximum atomic E-state index is 10.8. The topological polar surface area (TPSA) is 35.5 Å². The monoisotopic (exact) mass is 364 g/mol. The number of aldehydes is 1. The lowest BCUT2D eigenvalue weighted by Crippen LogP contribution is -2.06. The van der Waals surface area contributed by atoms with E-state index < -0.39 is 0 Å². The summed E-state index contributed by atoms with van der Waals surface area (Å²) in [6.07, 6.45) is 3.59. The molecular weight excluding hydrogens is 347 g/mol. The van der Waals surface area contributed by atoms with Crippen LogP contribution in [0.3, 0.4) is 0 Å². The van der Waals surface area contributed by atoms with Gasteiger partial charge in [0.2, 0.25) is 0 Å². The van der Waals surface area contributed by atoms with Crippen molar-refractivity contribution in [2.75, 3.05) is 0 Å². The van der Waals surface area contributed by atoms with Gasteiger partial charge in [-0.05, 0) is 48.2 Å². The Hall–Kier alpha value is -1.55. The Morgan fingerprint density at radius 2 is 1.83 bits per heavy atom. The number of hydrogen-bond acceptors (Lipinski definition) is 3. The van der Waals surface area contributed by atoms with Crippen molar-refractivity contribution in [2.45, 2.75) is 38.1 Å². The number of carbonyl (C=O) groups excluding carboxylic acids is 1. The van der Waals surface area contributed by atoms with Crippen LogP contribution in [0.5, 0.6) is 5.75 Å². The van der Waals surface area contributed by atoms with E-state index in [1.807, 2.05) is 30.3 Å². The van der Waals surface area contributed by atoms with Gasteiger partial charge in [-0.3, -0.25) is 0 Å². The number of rotatable bonds is 8. The smallest absolute Gasteiger partial charge is 0.122 e. The predicted molar refractivity (Wildman–Crippen MR) is 94.8 cm³/mol. The number of ether oxygens (including phenoxy) is 2. The van der Waals surface area contributed by atoms with Crippen LogP contribution in [0.1, 0.15) is 36.5 Å². The molecule has 0 N–H and O–H groups in total. The van der Waals surface area contributed by atoms with Crippen molar-refractivity contribution < 1.29 is 14.3 Å². The van der Waals surface area contributed by atoms with Crippen LogP contribution in [0.25, 0.3) is 0 Å². The van der Waals surface area contributed by atoms with Gasteiger partial charge in [-0.25, -0.2) is 0 Å². The maximum absolute atomic E-state index is 10.8. The first-order valence-electron chi connectivity index (χ1n) is 7.91. The summed E-state index contributed by atoms with van der Waals surface area (Å²) < 4.78 is 11.6. The summed E-state index contributed by atoms with van der Waals surface area (Å²) in [5.74, 6) is 0.751. The van der Waals surface area contributed by atoms with E-state index in [9.17, 15) is 4.79 Å². The van der Waals surface area contributed by atoms with Crippen molar-refractivity contribution in [3.05, 3.63) is 63.6 Å². The molecule has 0 spiro atoms. The molecule has 3 nitrogen and oxygen atoms in total.